The molecule has 2 aromatic rings. The van der Waals surface area contributed by atoms with Crippen LogP contribution in [0.15, 0.2) is 12.3 Å². The first-order valence-corrected chi connectivity index (χ1v) is 6.75. The van der Waals surface area contributed by atoms with Crippen LogP contribution in [0.5, 0.6) is 0 Å². The number of carbonyl (C=O) groups is 1. The van der Waals surface area contributed by atoms with Gasteiger partial charge in [0.15, 0.2) is 5.65 Å². The average Bonchev–Trinajstić information content (AvgIpc) is 2.99. The number of rotatable bonds is 2. The van der Waals surface area contributed by atoms with Crippen LogP contribution in [0.2, 0.25) is 0 Å². The summed E-state index contributed by atoms with van der Waals surface area (Å²) < 4.78 is 1.74. The predicted molar refractivity (Wildman–Crippen MR) is 73.0 cm³/mol. The fraction of sp³-hybridized carbons (Fsp3) is 0.500. The molecule has 5 nitrogen and oxygen atoms in total. The number of amides is 1. The van der Waals surface area contributed by atoms with E-state index < -0.39 is 0 Å². The molecule has 0 spiro atoms. The summed E-state index contributed by atoms with van der Waals surface area (Å²) in [7, 11) is 1.86. The molecular weight excluding hydrogens is 240 g/mol. The summed E-state index contributed by atoms with van der Waals surface area (Å²) in [6, 6.07) is 2.22. The number of nitrogens with one attached hydrogen (secondary N) is 1. The highest BCUT2D eigenvalue weighted by atomic mass is 16.1. The van der Waals surface area contributed by atoms with Gasteiger partial charge in [-0.05, 0) is 25.8 Å². The van der Waals surface area contributed by atoms with E-state index in [9.17, 15) is 4.79 Å². The van der Waals surface area contributed by atoms with Crippen molar-refractivity contribution in [3.63, 3.8) is 0 Å². The maximum atomic E-state index is 12.2. The molecule has 2 heterocycles. The van der Waals surface area contributed by atoms with Crippen LogP contribution in [-0.4, -0.2) is 26.7 Å². The first kappa shape index (κ1) is 12.1. The molecule has 0 bridgehead atoms. The second-order valence-electron chi connectivity index (χ2n) is 5.26. The third-order valence-corrected chi connectivity index (χ3v) is 3.82. The Hall–Kier alpha value is -1.91. The molecule has 1 aliphatic carbocycles. The Morgan fingerprint density at radius 1 is 1.42 bits per heavy atom. The van der Waals surface area contributed by atoms with E-state index in [0.29, 0.717) is 11.6 Å². The van der Waals surface area contributed by atoms with Crippen LogP contribution in [-0.2, 0) is 7.05 Å². The van der Waals surface area contributed by atoms with E-state index in [4.69, 9.17) is 0 Å². The normalized spacial score (nSPS) is 16.1. The van der Waals surface area contributed by atoms with Crippen LogP contribution >= 0.6 is 0 Å². The zero-order valence-electron chi connectivity index (χ0n) is 11.3. The lowest BCUT2D eigenvalue weighted by atomic mass is 10.1. The molecule has 1 aliphatic rings. The van der Waals surface area contributed by atoms with Crippen molar-refractivity contribution in [3.05, 3.63) is 23.5 Å². The van der Waals surface area contributed by atoms with E-state index in [-0.39, 0.29) is 5.91 Å². The molecule has 1 saturated carbocycles. The van der Waals surface area contributed by atoms with Gasteiger partial charge in [0.1, 0.15) is 0 Å². The molecule has 0 atom stereocenters. The molecule has 5 heteroatoms. The lowest BCUT2D eigenvalue weighted by Gasteiger charge is -2.11. The number of hydrogen-bond donors (Lipinski definition) is 1. The topological polar surface area (TPSA) is 59.8 Å². The van der Waals surface area contributed by atoms with Gasteiger partial charge in [-0.3, -0.25) is 9.48 Å². The number of pyridine rings is 1. The van der Waals surface area contributed by atoms with Crippen molar-refractivity contribution in [2.75, 3.05) is 0 Å². The molecule has 19 heavy (non-hydrogen) atoms. The van der Waals surface area contributed by atoms with Gasteiger partial charge in [0.05, 0.1) is 11.3 Å². The zero-order valence-corrected chi connectivity index (χ0v) is 11.3. The van der Waals surface area contributed by atoms with E-state index in [1.165, 1.54) is 12.8 Å². The maximum Gasteiger partial charge on any atom is 0.253 e. The molecule has 1 N–H and O–H groups in total. The molecule has 0 aliphatic heterocycles. The van der Waals surface area contributed by atoms with E-state index in [1.807, 2.05) is 20.0 Å². The Kier molecular flexibility index (Phi) is 2.97. The second kappa shape index (κ2) is 4.64. The Morgan fingerprint density at radius 2 is 2.16 bits per heavy atom. The summed E-state index contributed by atoms with van der Waals surface area (Å²) >= 11 is 0. The summed E-state index contributed by atoms with van der Waals surface area (Å²) in [6.45, 7) is 1.93. The Bertz CT molecular complexity index is 626. The molecule has 0 saturated heterocycles. The Labute approximate surface area is 112 Å². The van der Waals surface area contributed by atoms with Crippen molar-refractivity contribution < 1.29 is 4.79 Å². The molecule has 3 rings (SSSR count). The summed E-state index contributed by atoms with van der Waals surface area (Å²) in [5.41, 5.74) is 2.34. The molecular formula is C14H18N4O. The molecule has 0 unspecified atom stereocenters. The zero-order chi connectivity index (χ0) is 13.4. The number of nitrogens with zero attached hydrogens (tertiary/aromatic N) is 3. The van der Waals surface area contributed by atoms with Gasteiger partial charge in [-0.1, -0.05) is 12.8 Å². The van der Waals surface area contributed by atoms with Gasteiger partial charge >= 0.3 is 0 Å². The maximum absolute atomic E-state index is 12.2. The largest absolute Gasteiger partial charge is 0.349 e. The smallest absolute Gasteiger partial charge is 0.253 e. The summed E-state index contributed by atoms with van der Waals surface area (Å²) in [5, 5.41) is 8.34. The quantitative estimate of drug-likeness (QED) is 0.895. The molecule has 0 radical (unpaired) electrons. The van der Waals surface area contributed by atoms with E-state index in [1.54, 1.807) is 10.9 Å². The SMILES string of the molecule is Cc1nn(C)c2ncc(C(=O)NC3CCCC3)cc12. The molecule has 100 valence electrons. The van der Waals surface area contributed by atoms with Gasteiger partial charge in [0, 0.05) is 24.7 Å². The van der Waals surface area contributed by atoms with Crippen molar-refractivity contribution in [2.24, 2.45) is 7.05 Å². The predicted octanol–water partition coefficient (Wildman–Crippen LogP) is 1.95. The van der Waals surface area contributed by atoms with Crippen molar-refractivity contribution >= 4 is 16.9 Å². The third-order valence-electron chi connectivity index (χ3n) is 3.82. The number of fused-ring (bicyclic) bond motifs is 1. The van der Waals surface area contributed by atoms with Crippen molar-refractivity contribution in [2.45, 2.75) is 38.6 Å². The highest BCUT2D eigenvalue weighted by Crippen LogP contribution is 2.19. The van der Waals surface area contributed by atoms with E-state index >= 15 is 0 Å². The van der Waals surface area contributed by atoms with Crippen LogP contribution in [0.1, 0.15) is 41.7 Å². The van der Waals surface area contributed by atoms with Crippen LogP contribution < -0.4 is 5.32 Å². The minimum atomic E-state index is -0.0236. The summed E-state index contributed by atoms with van der Waals surface area (Å²) in [4.78, 5) is 16.5. The first-order chi connectivity index (χ1) is 9.15. The van der Waals surface area contributed by atoms with Crippen molar-refractivity contribution in [1.82, 2.24) is 20.1 Å². The molecule has 1 amide bonds. The summed E-state index contributed by atoms with van der Waals surface area (Å²) in [6.07, 6.45) is 6.24. The van der Waals surface area contributed by atoms with Crippen molar-refractivity contribution in [3.8, 4) is 0 Å². The minimum Gasteiger partial charge on any atom is -0.349 e. The van der Waals surface area contributed by atoms with Gasteiger partial charge in [-0.15, -0.1) is 0 Å². The van der Waals surface area contributed by atoms with Crippen LogP contribution in [0.25, 0.3) is 11.0 Å². The highest BCUT2D eigenvalue weighted by Gasteiger charge is 2.19. The third kappa shape index (κ3) is 2.20. The summed E-state index contributed by atoms with van der Waals surface area (Å²) in [5.74, 6) is -0.0236. The van der Waals surface area contributed by atoms with Crippen LogP contribution in [0, 0.1) is 6.92 Å². The number of hydrogen-bond acceptors (Lipinski definition) is 3. The number of aryl methyl sites for hydroxylation is 2. The highest BCUT2D eigenvalue weighted by molar-refractivity contribution is 5.97. The van der Waals surface area contributed by atoms with Gasteiger partial charge in [0.25, 0.3) is 5.91 Å². The van der Waals surface area contributed by atoms with E-state index in [2.05, 4.69) is 15.4 Å². The number of carbonyl (C=O) groups excluding carboxylic acids is 1. The van der Waals surface area contributed by atoms with Crippen LogP contribution in [0.3, 0.4) is 0 Å². The molecule has 2 aromatic heterocycles. The Morgan fingerprint density at radius 3 is 2.89 bits per heavy atom. The number of aromatic nitrogens is 3. The van der Waals surface area contributed by atoms with Gasteiger partial charge in [-0.2, -0.15) is 5.10 Å². The Balaban J connectivity index is 1.87. The molecule has 0 aromatic carbocycles. The average molecular weight is 258 g/mol. The standard InChI is InChI=1S/C14H18N4O/c1-9-12-7-10(8-15-13(12)18(2)17-9)14(19)16-11-5-3-4-6-11/h7-8,11H,3-6H2,1-2H3,(H,16,19). The first-order valence-electron chi connectivity index (χ1n) is 6.75. The second-order valence-corrected chi connectivity index (χ2v) is 5.26. The van der Waals surface area contributed by atoms with E-state index in [0.717, 1.165) is 29.6 Å². The minimum absolute atomic E-state index is 0.0236. The fourth-order valence-electron chi connectivity index (χ4n) is 2.77. The lowest BCUT2D eigenvalue weighted by Crippen LogP contribution is -2.32. The van der Waals surface area contributed by atoms with Gasteiger partial charge in [0.2, 0.25) is 0 Å². The molecule has 1 fully saturated rings. The fourth-order valence-corrected chi connectivity index (χ4v) is 2.77. The van der Waals surface area contributed by atoms with Gasteiger partial charge in [-0.25, -0.2) is 4.98 Å². The van der Waals surface area contributed by atoms with Crippen molar-refractivity contribution in [1.29, 1.82) is 0 Å². The monoisotopic (exact) mass is 258 g/mol. The van der Waals surface area contributed by atoms with Gasteiger partial charge < -0.3 is 5.32 Å². The van der Waals surface area contributed by atoms with Crippen LogP contribution in [0.4, 0.5) is 0 Å². The lowest BCUT2D eigenvalue weighted by molar-refractivity contribution is 0.0937.